The van der Waals surface area contributed by atoms with Gasteiger partial charge in [-0.25, -0.2) is 4.68 Å². The fraction of sp³-hybridized carbons (Fsp3) is 0.0357. The number of aromatic nitrogens is 2. The lowest BCUT2D eigenvalue weighted by Gasteiger charge is -2.11. The zero-order valence-electron chi connectivity index (χ0n) is 17.7. The molecule has 5 aromatic rings. The molecule has 33 heavy (non-hydrogen) atoms. The first kappa shape index (κ1) is 20.9. The van der Waals surface area contributed by atoms with E-state index in [1.165, 1.54) is 0 Å². The summed E-state index contributed by atoms with van der Waals surface area (Å²) in [7, 11) is 0. The van der Waals surface area contributed by atoms with E-state index in [1.54, 1.807) is 24.3 Å². The van der Waals surface area contributed by atoms with Crippen LogP contribution in [-0.4, -0.2) is 20.0 Å². The maximum absolute atomic E-state index is 9.87. The highest BCUT2D eigenvalue weighted by Crippen LogP contribution is 2.37. The van der Waals surface area contributed by atoms with Crippen LogP contribution in [0.3, 0.4) is 0 Å². The minimum absolute atomic E-state index is 0.208. The molecule has 0 aliphatic carbocycles. The molecule has 0 amide bonds. The highest BCUT2D eigenvalue weighted by Gasteiger charge is 2.22. The average molecular weight is 453 g/mol. The molecule has 4 nitrogen and oxygen atoms in total. The predicted octanol–water partition coefficient (Wildman–Crippen LogP) is 6.86. The van der Waals surface area contributed by atoms with Crippen molar-refractivity contribution in [1.82, 2.24) is 9.78 Å². The molecule has 0 radical (unpaired) electrons. The second-order valence-electron chi connectivity index (χ2n) is 7.82. The Hall–Kier alpha value is -4.02. The van der Waals surface area contributed by atoms with E-state index >= 15 is 0 Å². The van der Waals surface area contributed by atoms with Crippen molar-refractivity contribution in [3.05, 3.63) is 119 Å². The van der Waals surface area contributed by atoms with Gasteiger partial charge in [0, 0.05) is 28.1 Å². The zero-order valence-corrected chi connectivity index (χ0v) is 18.4. The van der Waals surface area contributed by atoms with Crippen molar-refractivity contribution < 1.29 is 10.2 Å². The van der Waals surface area contributed by atoms with Crippen molar-refractivity contribution in [3.8, 4) is 39.7 Å². The molecule has 1 aromatic heterocycles. The van der Waals surface area contributed by atoms with Crippen LogP contribution < -0.4 is 0 Å². The van der Waals surface area contributed by atoms with Crippen molar-refractivity contribution in [3.63, 3.8) is 0 Å². The molecule has 5 heteroatoms. The standard InChI is InChI=1S/C28H21ClN2O2/c29-22-10-12-23(13-11-22)31-28(21-8-16-25(33)17-9-21)26(18-19-4-2-1-3-5-19)27(30-31)20-6-14-24(32)15-7-20/h1-17,32-33H,18H2. The summed E-state index contributed by atoms with van der Waals surface area (Å²) in [6.07, 6.45) is 0.668. The molecule has 0 unspecified atom stereocenters. The summed E-state index contributed by atoms with van der Waals surface area (Å²) in [5.74, 6) is 0.416. The summed E-state index contributed by atoms with van der Waals surface area (Å²) in [5.41, 5.74) is 6.70. The van der Waals surface area contributed by atoms with E-state index in [9.17, 15) is 10.2 Å². The van der Waals surface area contributed by atoms with Crippen molar-refractivity contribution in [2.75, 3.05) is 0 Å². The van der Waals surface area contributed by atoms with E-state index in [0.29, 0.717) is 11.4 Å². The second-order valence-corrected chi connectivity index (χ2v) is 8.26. The number of phenols is 2. The molecular formula is C28H21ClN2O2. The second kappa shape index (κ2) is 8.85. The van der Waals surface area contributed by atoms with Gasteiger partial charge in [0.25, 0.3) is 0 Å². The van der Waals surface area contributed by atoms with E-state index in [2.05, 4.69) is 12.1 Å². The maximum atomic E-state index is 9.87. The Labute approximate surface area is 197 Å². The van der Waals surface area contributed by atoms with Gasteiger partial charge in [0.2, 0.25) is 0 Å². The third-order valence-corrected chi connectivity index (χ3v) is 5.81. The molecule has 0 saturated heterocycles. The minimum Gasteiger partial charge on any atom is -0.508 e. The van der Waals surface area contributed by atoms with Crippen LogP contribution in [0, 0.1) is 0 Å². The fourth-order valence-corrected chi connectivity index (χ4v) is 4.08. The molecule has 0 aliphatic heterocycles. The maximum Gasteiger partial charge on any atom is 0.115 e. The van der Waals surface area contributed by atoms with Gasteiger partial charge in [-0.1, -0.05) is 41.9 Å². The molecule has 162 valence electrons. The summed E-state index contributed by atoms with van der Waals surface area (Å²) in [6.45, 7) is 0. The Morgan fingerprint density at radius 3 is 1.85 bits per heavy atom. The number of rotatable bonds is 5. The molecule has 0 atom stereocenters. The molecule has 0 fully saturated rings. The first-order chi connectivity index (χ1) is 16.1. The van der Waals surface area contributed by atoms with E-state index < -0.39 is 0 Å². The van der Waals surface area contributed by atoms with E-state index in [1.807, 2.05) is 71.4 Å². The van der Waals surface area contributed by atoms with Crippen LogP contribution in [0.2, 0.25) is 5.02 Å². The summed E-state index contributed by atoms with van der Waals surface area (Å²) in [5, 5.41) is 25.4. The number of hydrogen-bond donors (Lipinski definition) is 2. The molecule has 2 N–H and O–H groups in total. The van der Waals surface area contributed by atoms with Crippen LogP contribution >= 0.6 is 11.6 Å². The van der Waals surface area contributed by atoms with E-state index in [-0.39, 0.29) is 11.5 Å². The third-order valence-electron chi connectivity index (χ3n) is 5.56. The van der Waals surface area contributed by atoms with Crippen LogP contribution in [0.15, 0.2) is 103 Å². The number of aromatic hydroxyl groups is 2. The average Bonchev–Trinajstić information content (AvgIpc) is 3.20. The van der Waals surface area contributed by atoms with Crippen LogP contribution in [-0.2, 0) is 6.42 Å². The monoisotopic (exact) mass is 452 g/mol. The lowest BCUT2D eigenvalue weighted by Crippen LogP contribution is -2.00. The number of nitrogens with zero attached hydrogens (tertiary/aromatic N) is 2. The van der Waals surface area contributed by atoms with Crippen LogP contribution in [0.4, 0.5) is 0 Å². The highest BCUT2D eigenvalue weighted by molar-refractivity contribution is 6.30. The minimum atomic E-state index is 0.208. The number of hydrogen-bond acceptors (Lipinski definition) is 3. The summed E-state index contributed by atoms with van der Waals surface area (Å²) in [6, 6.07) is 32.1. The fourth-order valence-electron chi connectivity index (χ4n) is 3.95. The number of phenolic OH excluding ortho intramolecular Hbond substituents is 2. The third kappa shape index (κ3) is 4.34. The van der Waals surface area contributed by atoms with Gasteiger partial charge in [-0.2, -0.15) is 5.10 Å². The molecule has 0 saturated carbocycles. The van der Waals surface area contributed by atoms with Crippen molar-refractivity contribution >= 4 is 11.6 Å². The molecular weight excluding hydrogens is 432 g/mol. The summed E-state index contributed by atoms with van der Waals surface area (Å²) >= 11 is 6.15. The Balaban J connectivity index is 1.79. The SMILES string of the molecule is Oc1ccc(-c2nn(-c3ccc(Cl)cc3)c(-c3ccc(O)cc3)c2Cc2ccccc2)cc1. The lowest BCUT2D eigenvalue weighted by molar-refractivity contribution is 0.475. The Morgan fingerprint density at radius 1 is 0.667 bits per heavy atom. The Morgan fingerprint density at radius 2 is 1.24 bits per heavy atom. The predicted molar refractivity (Wildman–Crippen MR) is 132 cm³/mol. The van der Waals surface area contributed by atoms with Gasteiger partial charge in [0.15, 0.2) is 0 Å². The zero-order chi connectivity index (χ0) is 22.8. The van der Waals surface area contributed by atoms with E-state index in [0.717, 1.165) is 39.3 Å². The first-order valence-electron chi connectivity index (χ1n) is 10.6. The molecule has 5 rings (SSSR count). The Kier molecular flexibility index (Phi) is 5.59. The smallest absolute Gasteiger partial charge is 0.115 e. The highest BCUT2D eigenvalue weighted by atomic mass is 35.5. The number of halogens is 1. The van der Waals surface area contributed by atoms with Gasteiger partial charge < -0.3 is 10.2 Å². The largest absolute Gasteiger partial charge is 0.508 e. The molecule has 1 heterocycles. The van der Waals surface area contributed by atoms with Crippen molar-refractivity contribution in [1.29, 1.82) is 0 Å². The molecule has 0 aliphatic rings. The molecule has 4 aromatic carbocycles. The molecule has 0 bridgehead atoms. The topological polar surface area (TPSA) is 58.3 Å². The normalized spacial score (nSPS) is 10.9. The van der Waals surface area contributed by atoms with Crippen molar-refractivity contribution in [2.45, 2.75) is 6.42 Å². The summed E-state index contributed by atoms with van der Waals surface area (Å²) < 4.78 is 1.92. The van der Waals surface area contributed by atoms with E-state index in [4.69, 9.17) is 16.7 Å². The van der Waals surface area contributed by atoms with Crippen LogP contribution in [0.1, 0.15) is 11.1 Å². The van der Waals surface area contributed by atoms with Gasteiger partial charge in [-0.05, 0) is 78.4 Å². The Bertz CT molecular complexity index is 1380. The van der Waals surface area contributed by atoms with Gasteiger partial charge in [0.05, 0.1) is 17.1 Å². The van der Waals surface area contributed by atoms with Crippen LogP contribution in [0.5, 0.6) is 11.5 Å². The molecule has 0 spiro atoms. The first-order valence-corrected chi connectivity index (χ1v) is 11.0. The van der Waals surface area contributed by atoms with Gasteiger partial charge in [-0.15, -0.1) is 0 Å². The number of benzene rings is 4. The van der Waals surface area contributed by atoms with Gasteiger partial charge >= 0.3 is 0 Å². The lowest BCUT2D eigenvalue weighted by atomic mass is 9.96. The van der Waals surface area contributed by atoms with Gasteiger partial charge in [0.1, 0.15) is 11.5 Å². The summed E-state index contributed by atoms with van der Waals surface area (Å²) in [4.78, 5) is 0. The van der Waals surface area contributed by atoms with Gasteiger partial charge in [-0.3, -0.25) is 0 Å². The van der Waals surface area contributed by atoms with Crippen LogP contribution in [0.25, 0.3) is 28.2 Å². The van der Waals surface area contributed by atoms with Crippen molar-refractivity contribution in [2.24, 2.45) is 0 Å². The quantitative estimate of drug-likeness (QED) is 0.306.